The summed E-state index contributed by atoms with van der Waals surface area (Å²) in [5.74, 6) is 1.17. The monoisotopic (exact) mass is 461 g/mol. The van der Waals surface area contributed by atoms with Gasteiger partial charge in [-0.15, -0.1) is 0 Å². The molecule has 0 atom stereocenters. The van der Waals surface area contributed by atoms with Gasteiger partial charge < -0.3 is 19.2 Å². The maximum atomic E-state index is 12.7. The highest BCUT2D eigenvalue weighted by molar-refractivity contribution is 6.33. The summed E-state index contributed by atoms with van der Waals surface area (Å²) in [4.78, 5) is 12.7. The zero-order valence-electron chi connectivity index (χ0n) is 18.9. The van der Waals surface area contributed by atoms with Crippen molar-refractivity contribution in [3.8, 4) is 22.6 Å². The van der Waals surface area contributed by atoms with Gasteiger partial charge in [-0.2, -0.15) is 0 Å². The molecule has 33 heavy (non-hydrogen) atoms. The van der Waals surface area contributed by atoms with E-state index in [1.54, 1.807) is 38.7 Å². The molecule has 0 fully saturated rings. The molecule has 3 aromatic carbocycles. The van der Waals surface area contributed by atoms with E-state index in [0.29, 0.717) is 16.5 Å². The Morgan fingerprint density at radius 3 is 2.45 bits per heavy atom. The van der Waals surface area contributed by atoms with Crippen LogP contribution in [0.25, 0.3) is 27.7 Å². The van der Waals surface area contributed by atoms with E-state index in [9.17, 15) is 4.79 Å². The summed E-state index contributed by atoms with van der Waals surface area (Å²) in [6.07, 6.45) is 3.28. The highest BCUT2D eigenvalue weighted by atomic mass is 35.5. The van der Waals surface area contributed by atoms with Crippen molar-refractivity contribution in [2.75, 3.05) is 19.5 Å². The van der Waals surface area contributed by atoms with E-state index in [1.807, 2.05) is 56.3 Å². The minimum atomic E-state index is -0.275. The molecule has 0 saturated carbocycles. The van der Waals surface area contributed by atoms with Crippen LogP contribution in [0.4, 0.5) is 5.69 Å². The van der Waals surface area contributed by atoms with Crippen molar-refractivity contribution >= 4 is 39.7 Å². The van der Waals surface area contributed by atoms with Gasteiger partial charge in [0.05, 0.1) is 31.2 Å². The van der Waals surface area contributed by atoms with Crippen molar-refractivity contribution < 1.29 is 18.7 Å². The third-order valence-electron chi connectivity index (χ3n) is 5.55. The van der Waals surface area contributed by atoms with Gasteiger partial charge in [0.15, 0.2) is 0 Å². The molecule has 1 N–H and O–H groups in total. The number of nitrogens with one attached hydrogen (secondary N) is 1. The zero-order chi connectivity index (χ0) is 23.5. The fourth-order valence-electron chi connectivity index (χ4n) is 3.87. The summed E-state index contributed by atoms with van der Waals surface area (Å²) in [7, 11) is 3.25. The lowest BCUT2D eigenvalue weighted by Crippen LogP contribution is -2.09. The number of carbonyl (C=O) groups is 1. The van der Waals surface area contributed by atoms with E-state index in [4.69, 9.17) is 25.5 Å². The number of fused-ring (bicyclic) bond motifs is 1. The SMILES string of the molecule is COc1ccc(-c2coc3c(C)c(OC)c(/C(C)=C/C(=O)Nc4ccccc4Cl)cc23)cc1. The molecule has 0 unspecified atom stereocenters. The zero-order valence-corrected chi connectivity index (χ0v) is 19.6. The molecule has 0 aliphatic rings. The number of methoxy groups -OCH3 is 2. The highest BCUT2D eigenvalue weighted by Gasteiger charge is 2.19. The molecule has 0 aliphatic heterocycles. The molecule has 6 heteroatoms. The number of amides is 1. The van der Waals surface area contributed by atoms with Crippen LogP contribution in [0.1, 0.15) is 18.1 Å². The lowest BCUT2D eigenvalue weighted by molar-refractivity contribution is -0.111. The average Bonchev–Trinajstić information content (AvgIpc) is 3.25. The van der Waals surface area contributed by atoms with Crippen LogP contribution in [0, 0.1) is 6.92 Å². The summed E-state index contributed by atoms with van der Waals surface area (Å²) < 4.78 is 16.9. The van der Waals surface area contributed by atoms with Gasteiger partial charge in [0.2, 0.25) is 5.91 Å². The van der Waals surface area contributed by atoms with Gasteiger partial charge in [0.25, 0.3) is 0 Å². The second-order valence-corrected chi connectivity index (χ2v) is 8.04. The van der Waals surface area contributed by atoms with E-state index in [1.165, 1.54) is 0 Å². The number of allylic oxidation sites excluding steroid dienone is 1. The quantitative estimate of drug-likeness (QED) is 0.310. The number of halogens is 1. The molecular formula is C27H24ClNO4. The molecule has 0 saturated heterocycles. The number of benzene rings is 3. The van der Waals surface area contributed by atoms with E-state index in [-0.39, 0.29) is 5.91 Å². The number of carbonyl (C=O) groups excluding carboxylic acids is 1. The van der Waals surface area contributed by atoms with E-state index in [2.05, 4.69) is 5.32 Å². The molecule has 0 bridgehead atoms. The maximum Gasteiger partial charge on any atom is 0.248 e. The van der Waals surface area contributed by atoms with Gasteiger partial charge in [-0.25, -0.2) is 0 Å². The van der Waals surface area contributed by atoms with E-state index in [0.717, 1.165) is 44.5 Å². The fraction of sp³-hybridized carbons (Fsp3) is 0.148. The Morgan fingerprint density at radius 2 is 1.79 bits per heavy atom. The molecular weight excluding hydrogens is 438 g/mol. The van der Waals surface area contributed by atoms with Gasteiger partial charge in [-0.3, -0.25) is 4.79 Å². The summed E-state index contributed by atoms with van der Waals surface area (Å²) in [6.45, 7) is 3.82. The second-order valence-electron chi connectivity index (χ2n) is 7.63. The smallest absolute Gasteiger partial charge is 0.248 e. The van der Waals surface area contributed by atoms with Gasteiger partial charge in [0.1, 0.15) is 17.1 Å². The summed E-state index contributed by atoms with van der Waals surface area (Å²) in [5, 5.41) is 4.24. The molecule has 0 radical (unpaired) electrons. The molecule has 1 aromatic heterocycles. The fourth-order valence-corrected chi connectivity index (χ4v) is 4.05. The van der Waals surface area contributed by atoms with Crippen molar-refractivity contribution in [2.24, 2.45) is 0 Å². The van der Waals surface area contributed by atoms with Crippen LogP contribution in [0.15, 0.2) is 71.4 Å². The molecule has 4 rings (SSSR count). The van der Waals surface area contributed by atoms with Crippen LogP contribution < -0.4 is 14.8 Å². The lowest BCUT2D eigenvalue weighted by atomic mass is 9.96. The molecule has 168 valence electrons. The molecule has 5 nitrogen and oxygen atoms in total. The number of ether oxygens (including phenoxy) is 2. The third kappa shape index (κ3) is 4.45. The Hall–Kier alpha value is -3.70. The molecule has 4 aromatic rings. The minimum Gasteiger partial charge on any atom is -0.497 e. The number of hydrogen-bond acceptors (Lipinski definition) is 4. The highest BCUT2D eigenvalue weighted by Crippen LogP contribution is 2.40. The van der Waals surface area contributed by atoms with Gasteiger partial charge >= 0.3 is 0 Å². The first kappa shape index (κ1) is 22.5. The van der Waals surface area contributed by atoms with Crippen LogP contribution in [0.2, 0.25) is 5.02 Å². The van der Waals surface area contributed by atoms with Crippen molar-refractivity contribution in [3.05, 3.63) is 83.1 Å². The van der Waals surface area contributed by atoms with Crippen molar-refractivity contribution in [1.82, 2.24) is 0 Å². The second kappa shape index (κ2) is 9.43. The lowest BCUT2D eigenvalue weighted by Gasteiger charge is -2.13. The normalized spacial score (nSPS) is 11.5. The van der Waals surface area contributed by atoms with Crippen LogP contribution in [0.3, 0.4) is 0 Å². The van der Waals surface area contributed by atoms with Crippen molar-refractivity contribution in [3.63, 3.8) is 0 Å². The number of aryl methyl sites for hydroxylation is 1. The Morgan fingerprint density at radius 1 is 1.06 bits per heavy atom. The third-order valence-corrected chi connectivity index (χ3v) is 5.88. The number of furan rings is 1. The predicted octanol–water partition coefficient (Wildman–Crippen LogP) is 7.12. The van der Waals surface area contributed by atoms with Crippen LogP contribution in [-0.2, 0) is 4.79 Å². The van der Waals surface area contributed by atoms with Crippen molar-refractivity contribution in [2.45, 2.75) is 13.8 Å². The first-order chi connectivity index (χ1) is 15.9. The standard InChI is InChI=1S/C27H24ClNO4/c1-16(13-25(30)29-24-8-6-5-7-23(24)28)20-14-21-22(18-9-11-19(31-3)12-10-18)15-33-27(21)17(2)26(20)32-4/h5-15H,1-4H3,(H,29,30)/b16-13+. The Balaban J connectivity index is 1.76. The first-order valence-electron chi connectivity index (χ1n) is 10.4. The van der Waals surface area contributed by atoms with Crippen LogP contribution in [0.5, 0.6) is 11.5 Å². The molecule has 0 aliphatic carbocycles. The number of anilines is 1. The summed E-state index contributed by atoms with van der Waals surface area (Å²) in [6, 6.07) is 16.9. The molecule has 0 spiro atoms. The van der Waals surface area contributed by atoms with Crippen molar-refractivity contribution in [1.29, 1.82) is 0 Å². The maximum absolute atomic E-state index is 12.7. The van der Waals surface area contributed by atoms with Crippen LogP contribution >= 0.6 is 11.6 Å². The summed E-state index contributed by atoms with van der Waals surface area (Å²) in [5.41, 5.74) is 5.69. The Labute approximate surface area is 197 Å². The molecule has 1 heterocycles. The molecule has 1 amide bonds. The minimum absolute atomic E-state index is 0.275. The van der Waals surface area contributed by atoms with E-state index >= 15 is 0 Å². The Bertz CT molecular complexity index is 1350. The number of rotatable bonds is 6. The van der Waals surface area contributed by atoms with Crippen LogP contribution in [-0.4, -0.2) is 20.1 Å². The van der Waals surface area contributed by atoms with Gasteiger partial charge in [-0.1, -0.05) is 35.9 Å². The first-order valence-corrected chi connectivity index (χ1v) is 10.8. The Kier molecular flexibility index (Phi) is 6.43. The van der Waals surface area contributed by atoms with Gasteiger partial charge in [0, 0.05) is 28.2 Å². The summed E-state index contributed by atoms with van der Waals surface area (Å²) >= 11 is 6.16. The predicted molar refractivity (Wildman–Crippen MR) is 133 cm³/mol. The number of para-hydroxylation sites is 1. The average molecular weight is 462 g/mol. The number of hydrogen-bond donors (Lipinski definition) is 1. The van der Waals surface area contributed by atoms with E-state index < -0.39 is 0 Å². The topological polar surface area (TPSA) is 60.7 Å². The largest absolute Gasteiger partial charge is 0.497 e. The van der Waals surface area contributed by atoms with Gasteiger partial charge in [-0.05, 0) is 55.3 Å².